The summed E-state index contributed by atoms with van der Waals surface area (Å²) in [4.78, 5) is 11.3. The van der Waals surface area contributed by atoms with Crippen molar-refractivity contribution in [1.82, 2.24) is 4.31 Å². The number of sulfonamides is 1. The van der Waals surface area contributed by atoms with Gasteiger partial charge in [-0.05, 0) is 43.0 Å². The predicted molar refractivity (Wildman–Crippen MR) is 83.5 cm³/mol. The summed E-state index contributed by atoms with van der Waals surface area (Å²) in [6.07, 6.45) is 1.73. The van der Waals surface area contributed by atoms with Crippen LogP contribution in [-0.4, -0.2) is 35.9 Å². The first kappa shape index (κ1) is 16.1. The molecule has 2 heterocycles. The van der Waals surface area contributed by atoms with Gasteiger partial charge in [0, 0.05) is 22.1 Å². The summed E-state index contributed by atoms with van der Waals surface area (Å²) >= 11 is 11.8. The van der Waals surface area contributed by atoms with Gasteiger partial charge in [-0.25, -0.2) is 8.42 Å². The second-order valence-corrected chi connectivity index (χ2v) is 8.59. The molecule has 3 atom stereocenters. The highest BCUT2D eigenvalue weighted by atomic mass is 35.5. The minimum absolute atomic E-state index is 0.203. The highest BCUT2D eigenvalue weighted by Crippen LogP contribution is 2.44. The summed E-state index contributed by atoms with van der Waals surface area (Å²) in [7, 11) is -3.60. The molecule has 120 valence electrons. The predicted octanol–water partition coefficient (Wildman–Crippen LogP) is 2.76. The number of aliphatic carboxylic acids is 1. The number of carboxylic acid groups (broad SMARTS) is 1. The van der Waals surface area contributed by atoms with Crippen LogP contribution in [-0.2, 0) is 20.6 Å². The van der Waals surface area contributed by atoms with Crippen molar-refractivity contribution >= 4 is 39.2 Å². The molecule has 22 heavy (non-hydrogen) atoms. The van der Waals surface area contributed by atoms with E-state index >= 15 is 0 Å². The Morgan fingerprint density at radius 2 is 1.86 bits per heavy atom. The minimum Gasteiger partial charge on any atom is -0.481 e. The van der Waals surface area contributed by atoms with Gasteiger partial charge in [0.05, 0.1) is 11.7 Å². The summed E-state index contributed by atoms with van der Waals surface area (Å²) in [5.74, 6) is -1.73. The minimum atomic E-state index is -3.60. The fraction of sp³-hybridized carbons (Fsp3) is 0.500. The van der Waals surface area contributed by atoms with Crippen LogP contribution in [0.1, 0.15) is 24.8 Å². The third kappa shape index (κ3) is 2.85. The SMILES string of the molecule is O=C(O)C1CC2CCC1N2S(=O)(=O)Cc1cc(Cl)cc(Cl)c1. The zero-order valence-electron chi connectivity index (χ0n) is 11.6. The lowest BCUT2D eigenvalue weighted by molar-refractivity contribution is -0.142. The van der Waals surface area contributed by atoms with Gasteiger partial charge in [-0.2, -0.15) is 4.31 Å². The summed E-state index contributed by atoms with van der Waals surface area (Å²) in [6, 6.07) is 4.04. The molecule has 8 heteroatoms. The van der Waals surface area contributed by atoms with Crippen molar-refractivity contribution in [3.8, 4) is 0 Å². The Bertz CT molecular complexity index is 701. The van der Waals surface area contributed by atoms with E-state index in [1.165, 1.54) is 4.31 Å². The van der Waals surface area contributed by atoms with E-state index < -0.39 is 28.0 Å². The van der Waals surface area contributed by atoms with E-state index in [0.29, 0.717) is 28.5 Å². The molecule has 2 fully saturated rings. The van der Waals surface area contributed by atoms with E-state index in [9.17, 15) is 18.3 Å². The zero-order valence-corrected chi connectivity index (χ0v) is 13.9. The summed E-state index contributed by atoms with van der Waals surface area (Å²) in [5, 5.41) is 9.99. The van der Waals surface area contributed by atoms with Gasteiger partial charge in [0.2, 0.25) is 10.0 Å². The summed E-state index contributed by atoms with van der Waals surface area (Å²) in [6.45, 7) is 0. The Morgan fingerprint density at radius 1 is 1.23 bits per heavy atom. The maximum absolute atomic E-state index is 12.7. The van der Waals surface area contributed by atoms with Crippen molar-refractivity contribution in [1.29, 1.82) is 0 Å². The van der Waals surface area contributed by atoms with E-state index in [-0.39, 0.29) is 11.8 Å². The molecule has 1 aromatic carbocycles. The molecule has 2 aliphatic heterocycles. The monoisotopic (exact) mass is 363 g/mol. The van der Waals surface area contributed by atoms with Crippen LogP contribution in [0.4, 0.5) is 0 Å². The fourth-order valence-corrected chi connectivity index (χ4v) is 6.24. The molecule has 2 saturated heterocycles. The molecule has 5 nitrogen and oxygen atoms in total. The van der Waals surface area contributed by atoms with Crippen LogP contribution in [0.2, 0.25) is 10.0 Å². The van der Waals surface area contributed by atoms with Crippen LogP contribution in [0.15, 0.2) is 18.2 Å². The molecule has 0 spiro atoms. The standard InChI is InChI=1S/C14H15Cl2NO4S/c15-9-3-8(4-10(16)5-9)7-22(20,21)17-11-1-2-13(17)12(6-11)14(18)19/h3-5,11-13H,1-2,6-7H2,(H,18,19). The summed E-state index contributed by atoms with van der Waals surface area (Å²) < 4.78 is 26.8. The fourth-order valence-electron chi connectivity index (χ4n) is 3.62. The van der Waals surface area contributed by atoms with Crippen molar-refractivity contribution < 1.29 is 18.3 Å². The molecule has 0 aliphatic carbocycles. The van der Waals surface area contributed by atoms with Crippen LogP contribution >= 0.6 is 23.2 Å². The topological polar surface area (TPSA) is 74.7 Å². The van der Waals surface area contributed by atoms with E-state index in [0.717, 1.165) is 6.42 Å². The highest BCUT2D eigenvalue weighted by Gasteiger charge is 2.53. The molecular formula is C14H15Cl2NO4S. The Morgan fingerprint density at radius 3 is 2.41 bits per heavy atom. The van der Waals surface area contributed by atoms with Gasteiger partial charge in [0.1, 0.15) is 0 Å². The third-order valence-corrected chi connectivity index (χ3v) is 6.73. The maximum atomic E-state index is 12.7. The Labute approximate surface area is 138 Å². The lowest BCUT2D eigenvalue weighted by Crippen LogP contribution is -2.38. The van der Waals surface area contributed by atoms with E-state index in [4.69, 9.17) is 23.2 Å². The van der Waals surface area contributed by atoms with Crippen LogP contribution in [0.5, 0.6) is 0 Å². The van der Waals surface area contributed by atoms with Crippen molar-refractivity contribution in [3.05, 3.63) is 33.8 Å². The van der Waals surface area contributed by atoms with Crippen molar-refractivity contribution in [2.24, 2.45) is 5.92 Å². The van der Waals surface area contributed by atoms with Crippen molar-refractivity contribution in [2.45, 2.75) is 37.1 Å². The maximum Gasteiger partial charge on any atom is 0.308 e. The molecule has 3 rings (SSSR count). The molecule has 0 saturated carbocycles. The number of fused-ring (bicyclic) bond motifs is 2. The molecular weight excluding hydrogens is 349 g/mol. The average molecular weight is 364 g/mol. The summed E-state index contributed by atoms with van der Waals surface area (Å²) in [5.41, 5.74) is 0.510. The van der Waals surface area contributed by atoms with Gasteiger partial charge in [-0.1, -0.05) is 23.2 Å². The van der Waals surface area contributed by atoms with Gasteiger partial charge in [-0.15, -0.1) is 0 Å². The van der Waals surface area contributed by atoms with Gasteiger partial charge in [-0.3, -0.25) is 4.79 Å². The van der Waals surface area contributed by atoms with E-state index in [1.54, 1.807) is 18.2 Å². The second-order valence-electron chi connectivity index (χ2n) is 5.84. The first-order chi connectivity index (χ1) is 10.3. The Balaban J connectivity index is 1.86. The molecule has 2 aliphatic rings. The normalized spacial score (nSPS) is 28.2. The number of nitrogens with zero attached hydrogens (tertiary/aromatic N) is 1. The number of carbonyl (C=O) groups is 1. The van der Waals surface area contributed by atoms with E-state index in [2.05, 4.69) is 0 Å². The third-order valence-electron chi connectivity index (χ3n) is 4.38. The first-order valence-corrected chi connectivity index (χ1v) is 9.33. The largest absolute Gasteiger partial charge is 0.481 e. The zero-order chi connectivity index (χ0) is 16.1. The molecule has 0 radical (unpaired) electrons. The number of halogens is 2. The van der Waals surface area contributed by atoms with Crippen molar-refractivity contribution in [3.63, 3.8) is 0 Å². The smallest absolute Gasteiger partial charge is 0.308 e. The van der Waals surface area contributed by atoms with Crippen LogP contribution in [0, 0.1) is 5.92 Å². The van der Waals surface area contributed by atoms with Crippen LogP contribution in [0.3, 0.4) is 0 Å². The second kappa shape index (κ2) is 5.67. The van der Waals surface area contributed by atoms with Crippen LogP contribution < -0.4 is 0 Å². The number of carboxylic acids is 1. The number of hydrogen-bond donors (Lipinski definition) is 1. The Kier molecular flexibility index (Phi) is 4.14. The van der Waals surface area contributed by atoms with Gasteiger partial charge >= 0.3 is 5.97 Å². The number of hydrogen-bond acceptors (Lipinski definition) is 3. The molecule has 0 amide bonds. The number of rotatable bonds is 4. The average Bonchev–Trinajstić information content (AvgIpc) is 2.94. The molecule has 1 aromatic rings. The lowest BCUT2D eigenvalue weighted by Gasteiger charge is -2.22. The van der Waals surface area contributed by atoms with Gasteiger partial charge in [0.25, 0.3) is 0 Å². The van der Waals surface area contributed by atoms with Crippen LogP contribution in [0.25, 0.3) is 0 Å². The van der Waals surface area contributed by atoms with Crippen molar-refractivity contribution in [2.75, 3.05) is 0 Å². The molecule has 3 unspecified atom stereocenters. The van der Waals surface area contributed by atoms with Gasteiger partial charge in [0.15, 0.2) is 0 Å². The molecule has 2 bridgehead atoms. The molecule has 0 aromatic heterocycles. The molecule has 1 N–H and O–H groups in total. The first-order valence-electron chi connectivity index (χ1n) is 6.97. The van der Waals surface area contributed by atoms with Gasteiger partial charge < -0.3 is 5.11 Å². The number of benzene rings is 1. The Hall–Kier alpha value is -0.820. The van der Waals surface area contributed by atoms with E-state index in [1.807, 2.05) is 0 Å². The highest BCUT2D eigenvalue weighted by molar-refractivity contribution is 7.88. The lowest BCUT2D eigenvalue weighted by atomic mass is 9.89. The quantitative estimate of drug-likeness (QED) is 0.892.